The number of methoxy groups -OCH3 is 1. The molecule has 6 nitrogen and oxygen atoms in total. The molecule has 0 aromatic heterocycles. The minimum atomic E-state index is -1.36. The highest BCUT2D eigenvalue weighted by molar-refractivity contribution is 5.90. The van der Waals surface area contributed by atoms with E-state index in [2.05, 4.69) is 5.32 Å². The number of rotatable bonds is 5. The minimum absolute atomic E-state index is 0.0285. The molecule has 1 heterocycles. The number of carbonyl (C=O) groups excluding carboxylic acids is 1. The molecule has 0 aliphatic carbocycles. The average Bonchev–Trinajstić information content (AvgIpc) is 2.90. The summed E-state index contributed by atoms with van der Waals surface area (Å²) in [7, 11) is 1.41. The Morgan fingerprint density at radius 3 is 2.60 bits per heavy atom. The third-order valence-electron chi connectivity index (χ3n) is 3.37. The number of hydrogen-bond donors (Lipinski definition) is 2. The lowest BCUT2D eigenvalue weighted by Crippen LogP contribution is -2.56. The van der Waals surface area contributed by atoms with Crippen LogP contribution in [0.3, 0.4) is 0 Å². The van der Waals surface area contributed by atoms with Crippen LogP contribution in [0.15, 0.2) is 30.3 Å². The molecular formula is C14H17NO5. The van der Waals surface area contributed by atoms with Gasteiger partial charge < -0.3 is 19.9 Å². The summed E-state index contributed by atoms with van der Waals surface area (Å²) in [5.41, 5.74) is -0.685. The highest BCUT2D eigenvalue weighted by atomic mass is 16.5. The van der Waals surface area contributed by atoms with Gasteiger partial charge in [0.2, 0.25) is 0 Å². The zero-order valence-electron chi connectivity index (χ0n) is 11.2. The van der Waals surface area contributed by atoms with Crippen molar-refractivity contribution in [1.29, 1.82) is 0 Å². The quantitative estimate of drug-likeness (QED) is 0.830. The summed E-state index contributed by atoms with van der Waals surface area (Å²) < 4.78 is 10.3. The fourth-order valence-electron chi connectivity index (χ4n) is 2.21. The molecule has 20 heavy (non-hydrogen) atoms. The molecule has 6 heteroatoms. The van der Waals surface area contributed by atoms with E-state index in [1.54, 1.807) is 24.3 Å². The molecule has 0 saturated carbocycles. The van der Waals surface area contributed by atoms with Gasteiger partial charge in [0.15, 0.2) is 11.6 Å². The standard InChI is InChI=1S/C14H17NO5/c1-19-11(10-5-3-2-4-6-10)12(16)15-14(13(17)18)7-8-20-9-14/h2-6,11H,7-9H2,1H3,(H,15,16)(H,17,18)/t11-,14?/m1/s1. The van der Waals surface area contributed by atoms with Crippen LogP contribution in [0.5, 0.6) is 0 Å². The second-order valence-corrected chi connectivity index (χ2v) is 4.71. The molecule has 1 amide bonds. The number of carbonyl (C=O) groups is 2. The maximum atomic E-state index is 12.3. The normalized spacial score (nSPS) is 23.2. The first-order valence-electron chi connectivity index (χ1n) is 6.30. The van der Waals surface area contributed by atoms with Crippen LogP contribution >= 0.6 is 0 Å². The Morgan fingerprint density at radius 2 is 2.10 bits per heavy atom. The summed E-state index contributed by atoms with van der Waals surface area (Å²) >= 11 is 0. The third-order valence-corrected chi connectivity index (χ3v) is 3.37. The van der Waals surface area contributed by atoms with Crippen molar-refractivity contribution in [2.45, 2.75) is 18.1 Å². The molecule has 2 rings (SSSR count). The molecule has 108 valence electrons. The molecule has 0 bridgehead atoms. The fraction of sp³-hybridized carbons (Fsp3) is 0.429. The minimum Gasteiger partial charge on any atom is -0.479 e. The zero-order chi connectivity index (χ0) is 14.6. The largest absolute Gasteiger partial charge is 0.479 e. The van der Waals surface area contributed by atoms with E-state index in [1.165, 1.54) is 7.11 Å². The van der Waals surface area contributed by atoms with Crippen molar-refractivity contribution in [1.82, 2.24) is 5.32 Å². The van der Waals surface area contributed by atoms with E-state index in [9.17, 15) is 14.7 Å². The molecule has 2 atom stereocenters. The molecule has 1 unspecified atom stereocenters. The second kappa shape index (κ2) is 6.02. The summed E-state index contributed by atoms with van der Waals surface area (Å²) in [6.45, 7) is 0.287. The van der Waals surface area contributed by atoms with Crippen LogP contribution in [0.1, 0.15) is 18.1 Å². The number of carboxylic acid groups (broad SMARTS) is 1. The van der Waals surface area contributed by atoms with E-state index in [0.717, 1.165) is 0 Å². The van der Waals surface area contributed by atoms with Crippen molar-refractivity contribution in [3.63, 3.8) is 0 Å². The van der Waals surface area contributed by atoms with Crippen LogP contribution < -0.4 is 5.32 Å². The monoisotopic (exact) mass is 279 g/mol. The van der Waals surface area contributed by atoms with Crippen molar-refractivity contribution >= 4 is 11.9 Å². The average molecular weight is 279 g/mol. The lowest BCUT2D eigenvalue weighted by Gasteiger charge is -2.26. The molecule has 1 aliphatic rings. The van der Waals surface area contributed by atoms with Crippen LogP contribution in [-0.4, -0.2) is 42.8 Å². The number of amides is 1. The van der Waals surface area contributed by atoms with Crippen molar-refractivity contribution in [2.24, 2.45) is 0 Å². The maximum absolute atomic E-state index is 12.3. The first-order valence-corrected chi connectivity index (χ1v) is 6.30. The van der Waals surface area contributed by atoms with Gasteiger partial charge in [0, 0.05) is 20.1 Å². The van der Waals surface area contributed by atoms with Gasteiger partial charge in [-0.05, 0) is 5.56 Å². The Bertz CT molecular complexity index is 482. The van der Waals surface area contributed by atoms with Crippen molar-refractivity contribution < 1.29 is 24.2 Å². The van der Waals surface area contributed by atoms with E-state index in [-0.39, 0.29) is 13.0 Å². The number of carboxylic acids is 1. The predicted molar refractivity (Wildman–Crippen MR) is 70.1 cm³/mol. The molecule has 1 fully saturated rings. The zero-order valence-corrected chi connectivity index (χ0v) is 11.2. The van der Waals surface area contributed by atoms with Crippen LogP contribution in [0, 0.1) is 0 Å². The van der Waals surface area contributed by atoms with Gasteiger partial charge >= 0.3 is 5.97 Å². The maximum Gasteiger partial charge on any atom is 0.331 e. The lowest BCUT2D eigenvalue weighted by molar-refractivity contribution is -0.149. The first kappa shape index (κ1) is 14.5. The summed E-state index contributed by atoms with van der Waals surface area (Å²) in [6, 6.07) is 8.93. The highest BCUT2D eigenvalue weighted by Crippen LogP contribution is 2.22. The van der Waals surface area contributed by atoms with Crippen LogP contribution in [-0.2, 0) is 19.1 Å². The van der Waals surface area contributed by atoms with E-state index >= 15 is 0 Å². The lowest BCUT2D eigenvalue weighted by atomic mass is 9.98. The Balaban J connectivity index is 2.15. The summed E-state index contributed by atoms with van der Waals surface area (Å²) in [4.78, 5) is 23.7. The van der Waals surface area contributed by atoms with Crippen LogP contribution in [0.2, 0.25) is 0 Å². The SMILES string of the molecule is CO[C@@H](C(=O)NC1(C(=O)O)CCOC1)c1ccccc1. The van der Waals surface area contributed by atoms with Crippen molar-refractivity contribution in [3.05, 3.63) is 35.9 Å². The number of nitrogens with one attached hydrogen (secondary N) is 1. The van der Waals surface area contributed by atoms with Crippen LogP contribution in [0.25, 0.3) is 0 Å². The smallest absolute Gasteiger partial charge is 0.331 e. The first-order chi connectivity index (χ1) is 9.59. The molecule has 0 radical (unpaired) electrons. The van der Waals surface area contributed by atoms with E-state index in [0.29, 0.717) is 12.2 Å². The number of aliphatic carboxylic acids is 1. The van der Waals surface area contributed by atoms with Gasteiger partial charge in [-0.25, -0.2) is 4.79 Å². The van der Waals surface area contributed by atoms with Crippen molar-refractivity contribution in [3.8, 4) is 0 Å². The highest BCUT2D eigenvalue weighted by Gasteiger charge is 2.45. The Morgan fingerprint density at radius 1 is 1.40 bits per heavy atom. The number of benzene rings is 1. The summed E-state index contributed by atoms with van der Waals surface area (Å²) in [5.74, 6) is -1.57. The van der Waals surface area contributed by atoms with Gasteiger partial charge in [-0.15, -0.1) is 0 Å². The number of ether oxygens (including phenoxy) is 2. The van der Waals surface area contributed by atoms with Gasteiger partial charge in [0.1, 0.15) is 0 Å². The van der Waals surface area contributed by atoms with Gasteiger partial charge in [-0.3, -0.25) is 4.79 Å². The molecule has 0 spiro atoms. The van der Waals surface area contributed by atoms with Gasteiger partial charge in [-0.2, -0.15) is 0 Å². The Kier molecular flexibility index (Phi) is 4.36. The Labute approximate surface area is 116 Å². The number of hydrogen-bond acceptors (Lipinski definition) is 4. The van der Waals surface area contributed by atoms with E-state index < -0.39 is 23.5 Å². The molecule has 1 aromatic carbocycles. The second-order valence-electron chi connectivity index (χ2n) is 4.71. The topological polar surface area (TPSA) is 84.9 Å². The molecule has 1 saturated heterocycles. The summed E-state index contributed by atoms with van der Waals surface area (Å²) in [6.07, 6.45) is -0.590. The fourth-order valence-corrected chi connectivity index (χ4v) is 2.21. The van der Waals surface area contributed by atoms with E-state index in [4.69, 9.17) is 9.47 Å². The molecule has 1 aliphatic heterocycles. The molecular weight excluding hydrogens is 262 g/mol. The molecule has 2 N–H and O–H groups in total. The van der Waals surface area contributed by atoms with Crippen molar-refractivity contribution in [2.75, 3.05) is 20.3 Å². The van der Waals surface area contributed by atoms with Gasteiger partial charge in [0.05, 0.1) is 6.61 Å². The molecule has 1 aromatic rings. The van der Waals surface area contributed by atoms with Crippen LogP contribution in [0.4, 0.5) is 0 Å². The van der Waals surface area contributed by atoms with Gasteiger partial charge in [0.25, 0.3) is 5.91 Å². The summed E-state index contributed by atoms with van der Waals surface area (Å²) in [5, 5.41) is 11.9. The third kappa shape index (κ3) is 2.81. The predicted octanol–water partition coefficient (Wildman–Crippen LogP) is 0.734. The van der Waals surface area contributed by atoms with E-state index in [1.807, 2.05) is 6.07 Å². The Hall–Kier alpha value is -1.92. The van der Waals surface area contributed by atoms with Gasteiger partial charge in [-0.1, -0.05) is 30.3 Å².